The SMILES string of the molecule is C=C(CCC(F)(F)F)CNC(C)=O. The van der Waals surface area contributed by atoms with Gasteiger partial charge in [0.1, 0.15) is 0 Å². The van der Waals surface area contributed by atoms with Crippen LogP contribution in [0.15, 0.2) is 12.2 Å². The second-order valence-electron chi connectivity index (χ2n) is 2.77. The van der Waals surface area contributed by atoms with Gasteiger partial charge in [-0.2, -0.15) is 13.2 Å². The van der Waals surface area contributed by atoms with Gasteiger partial charge in [0.2, 0.25) is 5.91 Å². The highest BCUT2D eigenvalue weighted by Crippen LogP contribution is 2.22. The fourth-order valence-electron chi connectivity index (χ4n) is 0.656. The van der Waals surface area contributed by atoms with Crippen LogP contribution in [0.25, 0.3) is 0 Å². The number of amides is 1. The van der Waals surface area contributed by atoms with Gasteiger partial charge in [-0.3, -0.25) is 4.79 Å². The van der Waals surface area contributed by atoms with Crippen molar-refractivity contribution in [3.63, 3.8) is 0 Å². The zero-order chi connectivity index (χ0) is 10.5. The summed E-state index contributed by atoms with van der Waals surface area (Å²) in [5.41, 5.74) is 0.382. The van der Waals surface area contributed by atoms with Gasteiger partial charge in [-0.25, -0.2) is 0 Å². The predicted molar refractivity (Wildman–Crippen MR) is 43.1 cm³/mol. The maximum Gasteiger partial charge on any atom is 0.389 e. The van der Waals surface area contributed by atoms with Crippen LogP contribution in [0.4, 0.5) is 13.2 Å². The maximum atomic E-state index is 11.7. The Morgan fingerprint density at radius 1 is 1.46 bits per heavy atom. The smallest absolute Gasteiger partial charge is 0.353 e. The lowest BCUT2D eigenvalue weighted by molar-refractivity contribution is -0.133. The summed E-state index contributed by atoms with van der Waals surface area (Å²) in [6, 6.07) is 0. The van der Waals surface area contributed by atoms with Gasteiger partial charge in [0.25, 0.3) is 0 Å². The molecule has 0 aliphatic heterocycles. The summed E-state index contributed by atoms with van der Waals surface area (Å²) in [5, 5.41) is 2.38. The van der Waals surface area contributed by atoms with Gasteiger partial charge in [-0.1, -0.05) is 12.2 Å². The number of hydrogen-bond donors (Lipinski definition) is 1. The summed E-state index contributed by atoms with van der Waals surface area (Å²) < 4.78 is 35.1. The van der Waals surface area contributed by atoms with Crippen molar-refractivity contribution in [1.82, 2.24) is 5.32 Å². The van der Waals surface area contributed by atoms with Gasteiger partial charge in [0.15, 0.2) is 0 Å². The van der Waals surface area contributed by atoms with Crippen LogP contribution >= 0.6 is 0 Å². The molecule has 1 amide bonds. The molecule has 0 spiro atoms. The molecule has 0 aromatic rings. The monoisotopic (exact) mass is 195 g/mol. The summed E-state index contributed by atoms with van der Waals surface area (Å²) in [6.07, 6.45) is -5.17. The van der Waals surface area contributed by atoms with Crippen LogP contribution in [0.3, 0.4) is 0 Å². The van der Waals surface area contributed by atoms with Crippen LogP contribution in [0.2, 0.25) is 0 Å². The fourth-order valence-corrected chi connectivity index (χ4v) is 0.656. The molecule has 5 heteroatoms. The minimum atomic E-state index is -4.15. The first-order valence-corrected chi connectivity index (χ1v) is 3.79. The number of rotatable bonds is 4. The molecule has 0 radical (unpaired) electrons. The molecule has 0 aliphatic carbocycles. The second kappa shape index (κ2) is 4.89. The Kier molecular flexibility index (Phi) is 4.51. The average molecular weight is 195 g/mol. The minimum absolute atomic E-state index is 0.116. The van der Waals surface area contributed by atoms with Gasteiger partial charge in [-0.15, -0.1) is 0 Å². The van der Waals surface area contributed by atoms with Crippen LogP contribution in [0.5, 0.6) is 0 Å². The molecule has 0 aromatic carbocycles. The Labute approximate surface area is 74.8 Å². The van der Waals surface area contributed by atoms with Crippen LogP contribution < -0.4 is 5.32 Å². The molecular formula is C8H12F3NO. The summed E-state index contributed by atoms with van der Waals surface area (Å²) in [4.78, 5) is 10.4. The van der Waals surface area contributed by atoms with Crippen LogP contribution in [0.1, 0.15) is 19.8 Å². The van der Waals surface area contributed by atoms with E-state index in [4.69, 9.17) is 0 Å². The minimum Gasteiger partial charge on any atom is -0.353 e. The summed E-state index contributed by atoms with van der Waals surface area (Å²) in [6.45, 7) is 4.83. The Morgan fingerprint density at radius 3 is 2.38 bits per heavy atom. The zero-order valence-corrected chi connectivity index (χ0v) is 7.37. The zero-order valence-electron chi connectivity index (χ0n) is 7.37. The van der Waals surface area contributed by atoms with Crippen LogP contribution in [0, 0.1) is 0 Å². The van der Waals surface area contributed by atoms with Crippen molar-refractivity contribution in [1.29, 1.82) is 0 Å². The molecule has 76 valence electrons. The first-order chi connectivity index (χ1) is 5.81. The first kappa shape index (κ1) is 12.0. The van der Waals surface area contributed by atoms with Gasteiger partial charge in [-0.05, 0) is 6.42 Å². The van der Waals surface area contributed by atoms with Crippen molar-refractivity contribution >= 4 is 5.91 Å². The third-order valence-electron chi connectivity index (χ3n) is 1.35. The lowest BCUT2D eigenvalue weighted by Gasteiger charge is -2.08. The van der Waals surface area contributed by atoms with Crippen molar-refractivity contribution in [2.75, 3.05) is 6.54 Å². The Balaban J connectivity index is 3.58. The van der Waals surface area contributed by atoms with Gasteiger partial charge in [0, 0.05) is 19.9 Å². The molecule has 0 bridgehead atoms. The molecule has 0 aromatic heterocycles. The van der Waals surface area contributed by atoms with Crippen LogP contribution in [-0.2, 0) is 4.79 Å². The summed E-state index contributed by atoms with van der Waals surface area (Å²) in [5.74, 6) is -0.270. The summed E-state index contributed by atoms with van der Waals surface area (Å²) >= 11 is 0. The lowest BCUT2D eigenvalue weighted by Crippen LogP contribution is -2.22. The van der Waals surface area contributed by atoms with E-state index in [-0.39, 0.29) is 18.9 Å². The van der Waals surface area contributed by atoms with Crippen molar-refractivity contribution < 1.29 is 18.0 Å². The van der Waals surface area contributed by atoms with Crippen molar-refractivity contribution in [3.8, 4) is 0 Å². The molecule has 13 heavy (non-hydrogen) atoms. The molecule has 0 atom stereocenters. The highest BCUT2D eigenvalue weighted by Gasteiger charge is 2.26. The molecule has 2 nitrogen and oxygen atoms in total. The van der Waals surface area contributed by atoms with Crippen molar-refractivity contribution in [2.45, 2.75) is 25.9 Å². The van der Waals surface area contributed by atoms with E-state index < -0.39 is 12.6 Å². The predicted octanol–water partition coefficient (Wildman–Crippen LogP) is 2.02. The normalized spacial score (nSPS) is 11.1. The average Bonchev–Trinajstić information content (AvgIpc) is 1.95. The number of nitrogens with one attached hydrogen (secondary N) is 1. The van der Waals surface area contributed by atoms with E-state index in [1.54, 1.807) is 0 Å². The van der Waals surface area contributed by atoms with Gasteiger partial charge in [0.05, 0.1) is 0 Å². The van der Waals surface area contributed by atoms with Gasteiger partial charge >= 0.3 is 6.18 Å². The molecule has 0 unspecified atom stereocenters. The number of carbonyl (C=O) groups is 1. The third-order valence-corrected chi connectivity index (χ3v) is 1.35. The highest BCUT2D eigenvalue weighted by atomic mass is 19.4. The van der Waals surface area contributed by atoms with E-state index in [1.165, 1.54) is 6.92 Å². The first-order valence-electron chi connectivity index (χ1n) is 3.79. The van der Waals surface area contributed by atoms with E-state index in [0.29, 0.717) is 5.57 Å². The molecule has 0 heterocycles. The molecule has 0 aliphatic rings. The standard InChI is InChI=1S/C8H12F3NO/c1-6(5-12-7(2)13)3-4-8(9,10)11/h1,3-5H2,2H3,(H,12,13). The Hall–Kier alpha value is -1.00. The highest BCUT2D eigenvalue weighted by molar-refractivity contribution is 5.73. The van der Waals surface area contributed by atoms with Crippen molar-refractivity contribution in [2.24, 2.45) is 0 Å². The van der Waals surface area contributed by atoms with E-state index in [0.717, 1.165) is 0 Å². The summed E-state index contributed by atoms with van der Waals surface area (Å²) in [7, 11) is 0. The molecular weight excluding hydrogens is 183 g/mol. The third kappa shape index (κ3) is 8.91. The number of alkyl halides is 3. The number of halogens is 3. The second-order valence-corrected chi connectivity index (χ2v) is 2.77. The number of hydrogen-bond acceptors (Lipinski definition) is 1. The van der Waals surface area contributed by atoms with Crippen molar-refractivity contribution in [3.05, 3.63) is 12.2 Å². The van der Waals surface area contributed by atoms with E-state index in [9.17, 15) is 18.0 Å². The van der Waals surface area contributed by atoms with Crippen LogP contribution in [-0.4, -0.2) is 18.6 Å². The molecule has 0 saturated carbocycles. The quantitative estimate of drug-likeness (QED) is 0.683. The fraction of sp³-hybridized carbons (Fsp3) is 0.625. The van der Waals surface area contributed by atoms with E-state index >= 15 is 0 Å². The Morgan fingerprint density at radius 2 is 2.00 bits per heavy atom. The largest absolute Gasteiger partial charge is 0.389 e. The van der Waals surface area contributed by atoms with E-state index in [2.05, 4.69) is 11.9 Å². The topological polar surface area (TPSA) is 29.1 Å². The lowest BCUT2D eigenvalue weighted by atomic mass is 10.1. The van der Waals surface area contributed by atoms with Gasteiger partial charge < -0.3 is 5.32 Å². The molecule has 0 fully saturated rings. The van der Waals surface area contributed by atoms with E-state index in [1.807, 2.05) is 0 Å². The number of carbonyl (C=O) groups excluding carboxylic acids is 1. The molecule has 0 saturated heterocycles. The Bertz CT molecular complexity index is 198. The molecule has 0 rings (SSSR count). The maximum absolute atomic E-state index is 11.7. The molecule has 1 N–H and O–H groups in total.